The largest absolute Gasteiger partial charge is 0.390 e. The molecule has 1 nitrogen and oxygen atoms in total. The highest BCUT2D eigenvalue weighted by Gasteiger charge is 2.41. The highest BCUT2D eigenvalue weighted by molar-refractivity contribution is 5.20. The lowest BCUT2D eigenvalue weighted by Gasteiger charge is -2.25. The minimum absolute atomic E-state index is 0.312. The average Bonchev–Trinajstić information content (AvgIpc) is 2.68. The molecule has 0 aromatic heterocycles. The molecule has 0 aromatic rings. The van der Waals surface area contributed by atoms with E-state index in [4.69, 9.17) is 0 Å². The predicted octanol–water partition coefficient (Wildman–Crippen LogP) is 5.42. The van der Waals surface area contributed by atoms with Gasteiger partial charge in [-0.05, 0) is 64.7 Å². The van der Waals surface area contributed by atoms with Gasteiger partial charge in [-0.15, -0.1) is 0 Å². The lowest BCUT2D eigenvalue weighted by molar-refractivity contribution is 0.0366. The molecule has 1 heteroatoms. The van der Waals surface area contributed by atoms with E-state index in [0.29, 0.717) is 17.8 Å². The standard InChI is InChI=1S/C20H32O/c1-14(2)17-10-9-15(3)7-6-8-16(4)18-12-19(11-17)20(5,21)13-18/h7-8,11,14,18-19,21H,6,9-10,12-13H2,1-5H3. The maximum Gasteiger partial charge on any atom is 0.0688 e. The van der Waals surface area contributed by atoms with E-state index in [2.05, 4.69) is 45.9 Å². The van der Waals surface area contributed by atoms with Crippen LogP contribution in [0.25, 0.3) is 0 Å². The van der Waals surface area contributed by atoms with Gasteiger partial charge >= 0.3 is 0 Å². The summed E-state index contributed by atoms with van der Waals surface area (Å²) < 4.78 is 0. The van der Waals surface area contributed by atoms with Crippen molar-refractivity contribution in [1.82, 2.24) is 0 Å². The third-order valence-electron chi connectivity index (χ3n) is 5.51. The van der Waals surface area contributed by atoms with Crippen LogP contribution in [0.5, 0.6) is 0 Å². The first kappa shape index (κ1) is 16.5. The first-order valence-electron chi connectivity index (χ1n) is 8.55. The van der Waals surface area contributed by atoms with Crippen molar-refractivity contribution in [3.05, 3.63) is 34.9 Å². The molecular formula is C20H32O. The van der Waals surface area contributed by atoms with Gasteiger partial charge in [-0.2, -0.15) is 0 Å². The first-order valence-corrected chi connectivity index (χ1v) is 8.55. The summed E-state index contributed by atoms with van der Waals surface area (Å²) in [4.78, 5) is 0. The second kappa shape index (κ2) is 6.52. The predicted molar refractivity (Wildman–Crippen MR) is 91.1 cm³/mol. The van der Waals surface area contributed by atoms with Gasteiger partial charge < -0.3 is 5.11 Å². The molecule has 2 bridgehead atoms. The Kier molecular flexibility index (Phi) is 5.14. The number of aliphatic hydroxyl groups is 1. The third-order valence-corrected chi connectivity index (χ3v) is 5.51. The molecule has 2 rings (SSSR count). The first-order chi connectivity index (χ1) is 9.79. The number of rotatable bonds is 1. The summed E-state index contributed by atoms with van der Waals surface area (Å²) in [6.45, 7) is 11.1. The van der Waals surface area contributed by atoms with E-state index in [1.165, 1.54) is 16.7 Å². The summed E-state index contributed by atoms with van der Waals surface area (Å²) >= 11 is 0. The molecule has 0 heterocycles. The minimum atomic E-state index is -0.545. The molecule has 3 atom stereocenters. The average molecular weight is 288 g/mol. The molecule has 1 saturated carbocycles. The van der Waals surface area contributed by atoms with E-state index in [-0.39, 0.29) is 0 Å². The molecular weight excluding hydrogens is 256 g/mol. The maximum atomic E-state index is 10.8. The fourth-order valence-electron chi connectivity index (χ4n) is 3.77. The number of fused-ring (bicyclic) bond motifs is 2. The van der Waals surface area contributed by atoms with Crippen LogP contribution in [0.2, 0.25) is 0 Å². The summed E-state index contributed by atoms with van der Waals surface area (Å²) in [5, 5.41) is 10.8. The van der Waals surface area contributed by atoms with Crippen LogP contribution in [-0.4, -0.2) is 10.7 Å². The van der Waals surface area contributed by atoms with E-state index in [0.717, 1.165) is 32.1 Å². The summed E-state index contributed by atoms with van der Waals surface area (Å²) in [6.07, 6.45) is 12.5. The zero-order valence-electron chi connectivity index (χ0n) is 14.4. The molecule has 0 amide bonds. The fourth-order valence-corrected chi connectivity index (χ4v) is 3.77. The summed E-state index contributed by atoms with van der Waals surface area (Å²) in [5.41, 5.74) is 3.93. The zero-order chi connectivity index (χ0) is 15.6. The van der Waals surface area contributed by atoms with Crippen molar-refractivity contribution in [2.45, 2.75) is 72.3 Å². The van der Waals surface area contributed by atoms with E-state index >= 15 is 0 Å². The quantitative estimate of drug-likeness (QED) is 0.638. The number of allylic oxidation sites excluding steroid dienone is 5. The highest BCUT2D eigenvalue weighted by atomic mass is 16.3. The monoisotopic (exact) mass is 288 g/mol. The topological polar surface area (TPSA) is 20.2 Å². The van der Waals surface area contributed by atoms with Crippen LogP contribution in [0, 0.1) is 17.8 Å². The Bertz CT molecular complexity index is 462. The Morgan fingerprint density at radius 3 is 2.57 bits per heavy atom. The van der Waals surface area contributed by atoms with Gasteiger partial charge in [0.15, 0.2) is 0 Å². The molecule has 0 spiro atoms. The summed E-state index contributed by atoms with van der Waals surface area (Å²) in [5.74, 6) is 1.43. The Labute approximate surface area is 130 Å². The molecule has 0 aromatic carbocycles. The van der Waals surface area contributed by atoms with Crippen molar-refractivity contribution >= 4 is 0 Å². The van der Waals surface area contributed by atoms with Crippen LogP contribution in [0.1, 0.15) is 66.7 Å². The van der Waals surface area contributed by atoms with E-state index in [9.17, 15) is 5.11 Å². The maximum absolute atomic E-state index is 10.8. The van der Waals surface area contributed by atoms with E-state index < -0.39 is 5.60 Å². The van der Waals surface area contributed by atoms with Crippen LogP contribution in [0.15, 0.2) is 34.9 Å². The van der Waals surface area contributed by atoms with Crippen LogP contribution in [-0.2, 0) is 0 Å². The number of hydrogen-bond acceptors (Lipinski definition) is 1. The Morgan fingerprint density at radius 2 is 1.90 bits per heavy atom. The van der Waals surface area contributed by atoms with Crippen molar-refractivity contribution in [3.63, 3.8) is 0 Å². The summed E-state index contributed by atoms with van der Waals surface area (Å²) in [6, 6.07) is 0. The molecule has 0 aliphatic heterocycles. The lowest BCUT2D eigenvalue weighted by atomic mass is 9.86. The van der Waals surface area contributed by atoms with Gasteiger partial charge in [0.25, 0.3) is 0 Å². The zero-order valence-corrected chi connectivity index (χ0v) is 14.4. The minimum Gasteiger partial charge on any atom is -0.390 e. The van der Waals surface area contributed by atoms with Crippen LogP contribution < -0.4 is 0 Å². The van der Waals surface area contributed by atoms with Gasteiger partial charge in [-0.25, -0.2) is 0 Å². The van der Waals surface area contributed by atoms with Gasteiger partial charge in [0.05, 0.1) is 5.60 Å². The molecule has 118 valence electrons. The molecule has 3 unspecified atom stereocenters. The fraction of sp³-hybridized carbons (Fsp3) is 0.700. The molecule has 1 fully saturated rings. The highest BCUT2D eigenvalue weighted by Crippen LogP contribution is 2.44. The Hall–Kier alpha value is -0.820. The normalized spacial score (nSPS) is 34.7. The summed E-state index contributed by atoms with van der Waals surface area (Å²) in [7, 11) is 0. The van der Waals surface area contributed by atoms with E-state index in [1.54, 1.807) is 0 Å². The second-order valence-electron chi connectivity index (χ2n) is 7.73. The molecule has 1 N–H and O–H groups in total. The van der Waals surface area contributed by atoms with Crippen LogP contribution in [0.4, 0.5) is 0 Å². The molecule has 21 heavy (non-hydrogen) atoms. The number of hydrogen-bond donors (Lipinski definition) is 1. The smallest absolute Gasteiger partial charge is 0.0688 e. The van der Waals surface area contributed by atoms with Crippen molar-refractivity contribution in [2.24, 2.45) is 17.8 Å². The SMILES string of the molecule is CC1=CCC=C(C)C2CC(C=C(C(C)C)CC1)C(C)(O)C2. The van der Waals surface area contributed by atoms with Gasteiger partial charge in [0, 0.05) is 5.92 Å². The Morgan fingerprint density at radius 1 is 1.19 bits per heavy atom. The second-order valence-corrected chi connectivity index (χ2v) is 7.73. The van der Waals surface area contributed by atoms with Gasteiger partial charge in [0.2, 0.25) is 0 Å². The molecule has 0 radical (unpaired) electrons. The Balaban J connectivity index is 2.35. The van der Waals surface area contributed by atoms with Gasteiger partial charge in [0.1, 0.15) is 0 Å². The molecule has 0 saturated heterocycles. The van der Waals surface area contributed by atoms with Crippen molar-refractivity contribution in [1.29, 1.82) is 0 Å². The van der Waals surface area contributed by atoms with Crippen molar-refractivity contribution < 1.29 is 5.11 Å². The molecule has 2 aliphatic carbocycles. The molecule has 2 aliphatic rings. The third kappa shape index (κ3) is 4.10. The van der Waals surface area contributed by atoms with Gasteiger partial charge in [-0.3, -0.25) is 0 Å². The van der Waals surface area contributed by atoms with Crippen molar-refractivity contribution in [2.75, 3.05) is 0 Å². The lowest BCUT2D eigenvalue weighted by Crippen LogP contribution is -2.28. The van der Waals surface area contributed by atoms with Gasteiger partial charge in [-0.1, -0.05) is 48.8 Å². The van der Waals surface area contributed by atoms with E-state index in [1.807, 2.05) is 6.92 Å². The van der Waals surface area contributed by atoms with Crippen LogP contribution in [0.3, 0.4) is 0 Å². The van der Waals surface area contributed by atoms with Crippen molar-refractivity contribution in [3.8, 4) is 0 Å². The van der Waals surface area contributed by atoms with Crippen LogP contribution >= 0.6 is 0 Å².